The maximum Gasteiger partial charge on any atom is 0.417 e. The summed E-state index contributed by atoms with van der Waals surface area (Å²) >= 11 is 0.743. The monoisotopic (exact) mass is 661 g/mol. The first-order valence-corrected chi connectivity index (χ1v) is 15.8. The van der Waals surface area contributed by atoms with Crippen LogP contribution in [0.15, 0.2) is 18.2 Å². The summed E-state index contributed by atoms with van der Waals surface area (Å²) in [6.45, 7) is 3.38. The van der Waals surface area contributed by atoms with Crippen LogP contribution in [0.5, 0.6) is 6.01 Å². The van der Waals surface area contributed by atoms with E-state index in [0.717, 1.165) is 36.0 Å². The Balaban J connectivity index is 1.42. The van der Waals surface area contributed by atoms with Gasteiger partial charge in [0.1, 0.15) is 29.9 Å². The third-order valence-corrected chi connectivity index (χ3v) is 10.5. The molecule has 0 amide bonds. The van der Waals surface area contributed by atoms with Crippen molar-refractivity contribution >= 4 is 43.4 Å². The number of nitrogens with two attached hydrogens (primary N) is 1. The van der Waals surface area contributed by atoms with E-state index < -0.39 is 51.6 Å². The zero-order valence-electron chi connectivity index (χ0n) is 24.7. The van der Waals surface area contributed by atoms with E-state index in [-0.39, 0.29) is 70.8 Å². The third kappa shape index (κ3) is 5.06. The Kier molecular flexibility index (Phi) is 7.24. The summed E-state index contributed by atoms with van der Waals surface area (Å²) in [4.78, 5) is 16.6. The Bertz CT molecular complexity index is 1900. The lowest BCUT2D eigenvalue weighted by Gasteiger charge is -2.36. The molecule has 2 aromatic heterocycles. The van der Waals surface area contributed by atoms with Crippen LogP contribution in [0, 0.1) is 28.4 Å². The topological polar surface area (TPSA) is 104 Å². The van der Waals surface area contributed by atoms with E-state index in [4.69, 9.17) is 10.5 Å². The predicted octanol–water partition coefficient (Wildman–Crippen LogP) is 6.87. The van der Waals surface area contributed by atoms with Crippen molar-refractivity contribution in [3.8, 4) is 23.2 Å². The lowest BCUT2D eigenvalue weighted by atomic mass is 9.82. The molecule has 3 saturated heterocycles. The van der Waals surface area contributed by atoms with Crippen LogP contribution < -0.4 is 15.4 Å². The highest BCUT2D eigenvalue weighted by Gasteiger charge is 2.49. The summed E-state index contributed by atoms with van der Waals surface area (Å²) in [7, 11) is 0. The van der Waals surface area contributed by atoms with Crippen molar-refractivity contribution in [1.29, 1.82) is 5.26 Å². The molecule has 0 spiro atoms. The first-order valence-electron chi connectivity index (χ1n) is 15.0. The minimum atomic E-state index is -5.03. The standard InChI is InChI=1S/C31H29F6N7OS/c1-29(14-38)6-9-43(10-7-29)26-18-11-19(31(35,36)37)21(17-3-4-20(33)25-24(17)40-27(39)46-25)22(34)23(18)41-28(42-26)45-15-30-5-2-8-44(30)13-16(32)12-30/h3-4,11,16H,2,5-10,12-13,15H2,1H3,(H2,39,40)/t16-,30+/m1/s1. The molecule has 0 unspecified atom stereocenters. The average molecular weight is 662 g/mol. The van der Waals surface area contributed by atoms with Gasteiger partial charge < -0.3 is 15.4 Å². The first-order chi connectivity index (χ1) is 21.8. The van der Waals surface area contributed by atoms with Crippen LogP contribution in [0.2, 0.25) is 0 Å². The molecule has 46 heavy (non-hydrogen) atoms. The highest BCUT2D eigenvalue weighted by Crippen LogP contribution is 2.47. The highest BCUT2D eigenvalue weighted by molar-refractivity contribution is 7.22. The minimum absolute atomic E-state index is 0.0245. The summed E-state index contributed by atoms with van der Waals surface area (Å²) in [5.74, 6) is -2.02. The maximum atomic E-state index is 16.8. The first kappa shape index (κ1) is 30.7. The molecule has 3 aliphatic heterocycles. The lowest BCUT2D eigenvalue weighted by Crippen LogP contribution is -2.43. The fraction of sp³-hybridized carbons (Fsp3) is 0.484. The molecule has 0 bridgehead atoms. The molecule has 242 valence electrons. The van der Waals surface area contributed by atoms with Gasteiger partial charge in [0, 0.05) is 42.6 Å². The Morgan fingerprint density at radius 2 is 1.87 bits per heavy atom. The zero-order valence-corrected chi connectivity index (χ0v) is 25.5. The molecule has 4 aromatic rings. The van der Waals surface area contributed by atoms with Crippen molar-refractivity contribution in [1.82, 2.24) is 19.9 Å². The molecule has 2 atom stereocenters. The van der Waals surface area contributed by atoms with Crippen LogP contribution in [-0.2, 0) is 6.18 Å². The maximum absolute atomic E-state index is 16.8. The molecule has 5 heterocycles. The third-order valence-electron chi connectivity index (χ3n) is 9.64. The number of anilines is 2. The van der Waals surface area contributed by atoms with Gasteiger partial charge in [0.05, 0.1) is 32.8 Å². The number of hydrogen-bond donors (Lipinski definition) is 1. The van der Waals surface area contributed by atoms with Crippen LogP contribution in [-0.4, -0.2) is 64.3 Å². The molecule has 3 aliphatic rings. The minimum Gasteiger partial charge on any atom is -0.461 e. The number of fused-ring (bicyclic) bond motifs is 3. The van der Waals surface area contributed by atoms with E-state index in [1.54, 1.807) is 4.90 Å². The van der Waals surface area contributed by atoms with E-state index in [1.807, 2.05) is 11.8 Å². The number of nitrogens with zero attached hydrogens (tertiary/aromatic N) is 6. The Labute approximate surface area is 263 Å². The summed E-state index contributed by atoms with van der Waals surface area (Å²) < 4.78 is 96.0. The molecule has 0 saturated carbocycles. The average Bonchev–Trinajstić information content (AvgIpc) is 3.68. The molecule has 2 aromatic carbocycles. The van der Waals surface area contributed by atoms with Crippen molar-refractivity contribution in [2.45, 2.75) is 56.9 Å². The lowest BCUT2D eigenvalue weighted by molar-refractivity contribution is -0.137. The molecule has 2 N–H and O–H groups in total. The normalized spacial score (nSPS) is 23.3. The fourth-order valence-corrected chi connectivity index (χ4v) is 7.91. The number of aromatic nitrogens is 3. The van der Waals surface area contributed by atoms with Gasteiger partial charge in [-0.3, -0.25) is 4.90 Å². The van der Waals surface area contributed by atoms with Crippen molar-refractivity contribution in [3.63, 3.8) is 0 Å². The number of benzene rings is 2. The number of nitriles is 1. The predicted molar refractivity (Wildman–Crippen MR) is 161 cm³/mol. The number of piperidine rings is 1. The van der Waals surface area contributed by atoms with Crippen LogP contribution in [0.4, 0.5) is 37.3 Å². The number of halogens is 6. The summed E-state index contributed by atoms with van der Waals surface area (Å²) in [6.07, 6.45) is -3.42. The van der Waals surface area contributed by atoms with E-state index in [0.29, 0.717) is 25.8 Å². The van der Waals surface area contributed by atoms with E-state index in [2.05, 4.69) is 21.0 Å². The van der Waals surface area contributed by atoms with Crippen LogP contribution in [0.3, 0.4) is 0 Å². The summed E-state index contributed by atoms with van der Waals surface area (Å²) in [6, 6.07) is 4.83. The van der Waals surface area contributed by atoms with Crippen molar-refractivity contribution in [2.75, 3.05) is 43.4 Å². The molecule has 0 aliphatic carbocycles. The SMILES string of the molecule is CC1(C#N)CCN(c2nc(OC[C@@]34CCCN3C[C@H](F)C4)nc3c(F)c(-c4ccc(F)c5sc(N)nc45)c(C(F)(F)F)cc23)CC1. The van der Waals surface area contributed by atoms with Gasteiger partial charge in [-0.1, -0.05) is 11.3 Å². The number of hydrogen-bond acceptors (Lipinski definition) is 9. The van der Waals surface area contributed by atoms with Crippen LogP contribution in [0.25, 0.3) is 32.2 Å². The van der Waals surface area contributed by atoms with Crippen molar-refractivity contribution in [3.05, 3.63) is 35.4 Å². The van der Waals surface area contributed by atoms with Gasteiger partial charge in [-0.05, 0) is 57.4 Å². The summed E-state index contributed by atoms with van der Waals surface area (Å²) in [5.41, 5.74) is 1.49. The van der Waals surface area contributed by atoms with E-state index in [9.17, 15) is 27.2 Å². The highest BCUT2D eigenvalue weighted by atomic mass is 32.1. The number of alkyl halides is 4. The number of thiazole rings is 1. The molecule has 7 rings (SSSR count). The van der Waals surface area contributed by atoms with Crippen LogP contribution in [0.1, 0.15) is 44.6 Å². The molecular weight excluding hydrogens is 632 g/mol. The largest absolute Gasteiger partial charge is 0.461 e. The van der Waals surface area contributed by atoms with Gasteiger partial charge in [-0.25, -0.2) is 18.2 Å². The fourth-order valence-electron chi connectivity index (χ4n) is 7.15. The second-order valence-electron chi connectivity index (χ2n) is 12.7. The van der Waals surface area contributed by atoms with Gasteiger partial charge in [-0.15, -0.1) is 0 Å². The van der Waals surface area contributed by atoms with Gasteiger partial charge in [0.2, 0.25) is 0 Å². The molecule has 3 fully saturated rings. The van der Waals surface area contributed by atoms with Crippen molar-refractivity contribution < 1.29 is 31.1 Å². The van der Waals surface area contributed by atoms with Gasteiger partial charge in [0.25, 0.3) is 0 Å². The second-order valence-corrected chi connectivity index (χ2v) is 13.7. The second kappa shape index (κ2) is 10.8. The van der Waals surface area contributed by atoms with Crippen molar-refractivity contribution in [2.24, 2.45) is 5.41 Å². The molecular formula is C31H29F6N7OS. The van der Waals surface area contributed by atoms with Gasteiger partial charge in [-0.2, -0.15) is 28.4 Å². The molecule has 0 radical (unpaired) electrons. The van der Waals surface area contributed by atoms with E-state index >= 15 is 4.39 Å². The zero-order chi connectivity index (χ0) is 32.6. The number of rotatable bonds is 5. The van der Waals surface area contributed by atoms with Gasteiger partial charge in [0.15, 0.2) is 10.9 Å². The number of nitrogen functional groups attached to an aromatic ring is 1. The molecule has 15 heteroatoms. The Morgan fingerprint density at radius 3 is 2.59 bits per heavy atom. The smallest absolute Gasteiger partial charge is 0.417 e. The molecule has 8 nitrogen and oxygen atoms in total. The summed E-state index contributed by atoms with van der Waals surface area (Å²) in [5, 5.41) is 9.35. The Hall–Kier alpha value is -3.90. The van der Waals surface area contributed by atoms with Crippen LogP contribution >= 0.6 is 11.3 Å². The quantitative estimate of drug-likeness (QED) is 0.231. The van der Waals surface area contributed by atoms with Gasteiger partial charge >= 0.3 is 12.2 Å². The number of ether oxygens (including phenoxy) is 1. The Morgan fingerprint density at radius 1 is 1.11 bits per heavy atom. The van der Waals surface area contributed by atoms with E-state index in [1.165, 1.54) is 0 Å².